The third-order valence-corrected chi connectivity index (χ3v) is 21.4. The van der Waals surface area contributed by atoms with Gasteiger partial charge >= 0.3 is 0 Å². The number of nitrogens with zero attached hydrogens (tertiary/aromatic N) is 12. The first-order chi connectivity index (χ1) is 59.6. The lowest BCUT2D eigenvalue weighted by Gasteiger charge is -2.27. The van der Waals surface area contributed by atoms with E-state index in [0.29, 0.717) is 55.1 Å². The van der Waals surface area contributed by atoms with Crippen molar-refractivity contribution in [1.82, 2.24) is 64.3 Å². The van der Waals surface area contributed by atoms with Crippen LogP contribution in [0.3, 0.4) is 0 Å². The second-order valence-corrected chi connectivity index (χ2v) is 30.3. The molecule has 7 aliphatic heterocycles. The smallest absolute Gasteiger partial charge is 0.194 e. The summed E-state index contributed by atoms with van der Waals surface area (Å²) in [6.45, 7) is 26.5. The molecule has 15 heterocycles. The van der Waals surface area contributed by atoms with E-state index in [0.717, 1.165) is 48.5 Å². The Morgan fingerprint density at radius 3 is 1.03 bits per heavy atom. The van der Waals surface area contributed by atoms with E-state index in [4.69, 9.17) is 82.0 Å². The topological polar surface area (TPSA) is 483 Å². The fourth-order valence-corrected chi connectivity index (χ4v) is 15.9. The fourth-order valence-electron chi connectivity index (χ4n) is 15.5. The van der Waals surface area contributed by atoms with Crippen molar-refractivity contribution in [2.24, 2.45) is 0 Å². The van der Waals surface area contributed by atoms with Crippen LogP contribution in [0.15, 0.2) is 147 Å². The van der Waals surface area contributed by atoms with Gasteiger partial charge in [-0.15, -0.1) is 0 Å². The number of aliphatic hydroxyl groups excluding tert-OH is 5. The van der Waals surface area contributed by atoms with Crippen molar-refractivity contribution in [3.63, 3.8) is 0 Å². The van der Waals surface area contributed by atoms with Crippen molar-refractivity contribution in [3.05, 3.63) is 226 Å². The van der Waals surface area contributed by atoms with Gasteiger partial charge in [0.05, 0.1) is 21.5 Å². The van der Waals surface area contributed by atoms with Gasteiger partial charge in [0.2, 0.25) is 0 Å². The fraction of sp³-hybridized carbons (Fsp3) is 0.424. The van der Waals surface area contributed by atoms with Crippen molar-refractivity contribution in [2.45, 2.75) is 231 Å². The van der Waals surface area contributed by atoms with E-state index in [1.54, 1.807) is 104 Å². The molecule has 43 heteroatoms. The lowest BCUT2D eigenvalue weighted by atomic mass is 9.99. The van der Waals surface area contributed by atoms with Crippen LogP contribution < -0.4 is 17.6 Å². The molecule has 0 bridgehead atoms. The first kappa shape index (κ1) is 102. The van der Waals surface area contributed by atoms with E-state index in [2.05, 4.69) is 39.9 Å². The Morgan fingerprint density at radius 2 is 0.664 bits per heavy atom. The van der Waals surface area contributed by atoms with Crippen LogP contribution in [0.4, 0.5) is 46.8 Å². The Morgan fingerprint density at radius 1 is 0.375 bits per heavy atom. The average Bonchev–Trinajstić information content (AvgIpc) is 1.59. The van der Waals surface area contributed by atoms with Crippen molar-refractivity contribution < 1.29 is 124 Å². The molecule has 7 fully saturated rings. The van der Waals surface area contributed by atoms with Crippen LogP contribution in [0, 0.1) is 46.5 Å². The van der Waals surface area contributed by atoms with E-state index in [1.807, 2.05) is 55.4 Å². The number of benzene rings is 4. The molecule has 19 atom stereocenters. The Hall–Kier alpha value is -10.1. The third-order valence-electron chi connectivity index (χ3n) is 20.8. The highest BCUT2D eigenvalue weighted by molar-refractivity contribution is 6.34. The zero-order valence-corrected chi connectivity index (χ0v) is 73.1. The molecule has 19 rings (SSSR count). The number of fused-ring (bicyclic) bond motifs is 7. The van der Waals surface area contributed by atoms with Gasteiger partial charge in [-0.25, -0.2) is 75.0 Å². The summed E-state index contributed by atoms with van der Waals surface area (Å²) in [5.41, 5.74) is 14.0. The van der Waals surface area contributed by atoms with E-state index in [9.17, 15) is 65.5 Å². The number of nitrogens with two attached hydrogens (primary N) is 2. The Balaban J connectivity index is 0.000000186. The number of aromatic nitrogens is 12. The largest absolute Gasteiger partial charge is 0.412 e. The highest BCUT2D eigenvalue weighted by Gasteiger charge is 2.61. The molecule has 0 saturated carbocycles. The molecule has 7 saturated heterocycles. The Bertz CT molecular complexity index is 5640. The third kappa shape index (κ3) is 20.1. The maximum absolute atomic E-state index is 13.7. The number of hydrogen-bond acceptors (Lipinski definition) is 27. The minimum atomic E-state index is -1.49. The number of hydrogen-bond donors (Lipinski definition) is 8. The van der Waals surface area contributed by atoms with Crippen molar-refractivity contribution in [1.29, 1.82) is 0 Å². The summed E-state index contributed by atoms with van der Waals surface area (Å²) in [6, 6.07) is 19.2. The van der Waals surface area contributed by atoms with Crippen LogP contribution in [-0.2, 0) is 47.4 Å². The molecule has 0 unspecified atom stereocenters. The zero-order valence-electron chi connectivity index (χ0n) is 71.6. The first-order valence-corrected chi connectivity index (χ1v) is 40.9. The van der Waals surface area contributed by atoms with E-state index in [-0.39, 0.29) is 50.3 Å². The number of carbonyl (C=O) groups excluding carboxylic acids is 1. The van der Waals surface area contributed by atoms with Crippen LogP contribution in [0.5, 0.6) is 0 Å². The number of halogens is 10. The van der Waals surface area contributed by atoms with Gasteiger partial charge in [-0.1, -0.05) is 96.8 Å². The standard InChI is InChI=1S/C20H18ClF2N3O4.C20H16ClF2N3O4.C20H20F2N4O4.C17H16F2N4O4.4C2H6.H3N.2H2O/c2*1-20(2)29-15-14(13(27)9-3-4-11(22)12(23)7-9)28-19(16(15)30-20)26-6-5-10-17(21)24-8-25-18(10)26;1-20(2)29-15-14(13(27)9-3-4-11(21)12(22)7-9)28-19(16(15)30-20)26-6-5-10-17(23)24-8-25-18(10)26;18-9-2-1-7(5-10(9)19)11(24)14-12(25)13(26)17(27-14)23-4-3-8-15(20)21-6-22-16(8)23;4*1-2;;;/h3-8,13-16,19,27H,1-2H3;3-8,14-16,19H,1-2H3;3-8,13-16,19,27H,1-2H3,(H2,23,24,25);1-6,11-14,17,24-26H,(H2,20,21,22);4*1-2H3;1H3;2*1H2/t13-,14-,15-,16-,19-;14-,15-,16-,19-;13-,14-,15-,16-,19-;11-,12+,13-,14-,17-;;;;;;;/m1111......./s1. The predicted molar refractivity (Wildman–Crippen MR) is 450 cm³/mol. The minimum absolute atomic E-state index is 0. The van der Waals surface area contributed by atoms with Gasteiger partial charge in [-0.3, -0.25) is 4.79 Å². The van der Waals surface area contributed by atoms with Crippen molar-refractivity contribution in [2.75, 3.05) is 11.5 Å². The van der Waals surface area contributed by atoms with Crippen LogP contribution in [0.2, 0.25) is 10.3 Å². The Kier molecular flexibility index (Phi) is 33.2. The normalized spacial score (nSPS) is 25.7. The number of ketones is 1. The summed E-state index contributed by atoms with van der Waals surface area (Å²) < 4.78 is 174. The number of carbonyl (C=O) groups is 1. The SMILES string of the molecule is CC.CC.CC.CC.CC1(C)O[C@@H]2[C@H](O1)[C@@H](C(=O)c1ccc(F)c(F)c1)O[C@H]2n1ccc2c(Cl)ncnc21.CC1(C)O[C@H]2[C@@H](O1)[C@H](n1ccc3c(Cl)ncnc31)O[C@@H]2[C@H](O)c1ccc(F)c(F)c1.CC1(C)O[C@H]2[C@@H](O1)[C@H](n1ccc3c(N)ncnc31)O[C@@H]2[C@H](O)c1ccc(F)c(F)c1.N.Nc1ncnc2c1ccn2[C@@H]1O[C@H]([C@H](O)c2ccc(F)c(F)c2)[C@@H](O)[C@H]1O.O.O. The number of nitrogen functional groups attached to an aromatic ring is 2. The molecule has 7 aliphatic rings. The number of Topliss-reactive ketones (excluding diaryl/α,β-unsaturated/α-hetero) is 1. The molecule has 0 aliphatic carbocycles. The summed E-state index contributed by atoms with van der Waals surface area (Å²) in [6.07, 6.45) is -6.02. The lowest BCUT2D eigenvalue weighted by Crippen LogP contribution is -2.35. The highest BCUT2D eigenvalue weighted by atomic mass is 35.5. The van der Waals surface area contributed by atoms with Gasteiger partial charge in [0.15, 0.2) is 101 Å². The van der Waals surface area contributed by atoms with Gasteiger partial charge in [0.1, 0.15) is 155 Å². The minimum Gasteiger partial charge on any atom is -0.412 e. The monoisotopic (exact) mass is 1840 g/mol. The highest BCUT2D eigenvalue weighted by Crippen LogP contribution is 2.51. The number of aliphatic hydroxyl groups is 5. The quantitative estimate of drug-likeness (QED) is 0.0320. The molecule has 694 valence electrons. The maximum Gasteiger partial charge on any atom is 0.194 e. The summed E-state index contributed by atoms with van der Waals surface area (Å²) >= 11 is 12.3. The summed E-state index contributed by atoms with van der Waals surface area (Å²) in [4.78, 5) is 45.8. The lowest BCUT2D eigenvalue weighted by molar-refractivity contribution is -0.207. The molecule has 8 aromatic heterocycles. The molecule has 0 spiro atoms. The second-order valence-electron chi connectivity index (χ2n) is 29.6. The molecular weight excluding hydrogens is 1740 g/mol. The van der Waals surface area contributed by atoms with Crippen LogP contribution >= 0.6 is 23.2 Å². The maximum atomic E-state index is 13.7. The van der Waals surface area contributed by atoms with Gasteiger partial charge in [0, 0.05) is 30.4 Å². The van der Waals surface area contributed by atoms with Gasteiger partial charge in [-0.05, 0) is 137 Å². The summed E-state index contributed by atoms with van der Waals surface area (Å²) in [7, 11) is 0. The van der Waals surface area contributed by atoms with E-state index in [1.165, 1.54) is 54.1 Å². The summed E-state index contributed by atoms with van der Waals surface area (Å²) in [5.74, 6) is -11.2. The average molecular weight is 1840 g/mol. The van der Waals surface area contributed by atoms with Gasteiger partial charge < -0.3 is 120 Å². The molecule has 0 amide bonds. The number of anilines is 2. The molecular formula is C85H101Cl2F8N15O18. The molecule has 4 aromatic carbocycles. The number of ether oxygens (including phenoxy) is 10. The first-order valence-electron chi connectivity index (χ1n) is 40.1. The summed E-state index contributed by atoms with van der Waals surface area (Å²) in [5, 5.41) is 56.1. The molecule has 33 nitrogen and oxygen atoms in total. The Labute approximate surface area is 737 Å². The molecule has 16 N–H and O–H groups in total. The van der Waals surface area contributed by atoms with Crippen molar-refractivity contribution in [3.8, 4) is 0 Å². The number of rotatable bonds is 12. The molecule has 128 heavy (non-hydrogen) atoms. The van der Waals surface area contributed by atoms with Gasteiger partial charge in [-0.2, -0.15) is 0 Å². The molecule has 12 aromatic rings. The van der Waals surface area contributed by atoms with Crippen LogP contribution in [0.25, 0.3) is 44.1 Å². The van der Waals surface area contributed by atoms with Crippen molar-refractivity contribution >= 4 is 84.8 Å². The van der Waals surface area contributed by atoms with Gasteiger partial charge in [0.25, 0.3) is 0 Å². The van der Waals surface area contributed by atoms with E-state index < -0.39 is 186 Å². The van der Waals surface area contributed by atoms with E-state index >= 15 is 0 Å². The van der Waals surface area contributed by atoms with Crippen LogP contribution in [-0.4, -0.2) is 191 Å². The molecule has 0 radical (unpaired) electrons. The second kappa shape index (κ2) is 41.8. The predicted octanol–water partition coefficient (Wildman–Crippen LogP) is 12.9. The van der Waals surface area contributed by atoms with Crippen LogP contribution in [0.1, 0.15) is 167 Å². The zero-order chi connectivity index (χ0) is 90.9.